The molecule has 1 unspecified atom stereocenters. The molecule has 0 amide bonds. The van der Waals surface area contributed by atoms with E-state index in [9.17, 15) is 4.39 Å². The van der Waals surface area contributed by atoms with Crippen LogP contribution < -0.4 is 11.1 Å². The number of rotatable bonds is 4. The quantitative estimate of drug-likeness (QED) is 0.839. The third-order valence-electron chi connectivity index (χ3n) is 1.97. The van der Waals surface area contributed by atoms with Gasteiger partial charge < -0.3 is 11.1 Å². The van der Waals surface area contributed by atoms with Crippen molar-refractivity contribution in [2.45, 2.75) is 6.92 Å². The van der Waals surface area contributed by atoms with Gasteiger partial charge in [-0.1, -0.05) is 6.92 Å². The van der Waals surface area contributed by atoms with Gasteiger partial charge in [0, 0.05) is 15.8 Å². The van der Waals surface area contributed by atoms with Crippen LogP contribution in [0.5, 0.6) is 0 Å². The Hall–Kier alpha value is -0.360. The Morgan fingerprint density at radius 1 is 1.57 bits per heavy atom. The molecule has 14 heavy (non-hydrogen) atoms. The van der Waals surface area contributed by atoms with Crippen LogP contribution in [-0.4, -0.2) is 13.1 Å². The minimum atomic E-state index is -0.202. The first-order chi connectivity index (χ1) is 6.63. The summed E-state index contributed by atoms with van der Waals surface area (Å²) in [6.07, 6.45) is 0. The lowest BCUT2D eigenvalue weighted by atomic mass is 10.2. The fraction of sp³-hybridized carbons (Fsp3) is 0.400. The molecule has 0 heterocycles. The monoisotopic (exact) mass is 308 g/mol. The van der Waals surface area contributed by atoms with Gasteiger partial charge in [0.15, 0.2) is 0 Å². The summed E-state index contributed by atoms with van der Waals surface area (Å²) >= 11 is 2.11. The standard InChI is InChI=1S/C10H14FIN2/c1-7(5-13)6-14-10-3-2-8(11)4-9(10)12/h2-4,7,14H,5-6,13H2,1H3. The van der Waals surface area contributed by atoms with Crippen LogP contribution in [0.1, 0.15) is 6.92 Å². The van der Waals surface area contributed by atoms with E-state index in [0.717, 1.165) is 15.8 Å². The molecule has 2 nitrogen and oxygen atoms in total. The molecule has 0 fully saturated rings. The number of anilines is 1. The Kier molecular flexibility index (Phi) is 4.60. The summed E-state index contributed by atoms with van der Waals surface area (Å²) < 4.78 is 13.7. The number of hydrogen-bond acceptors (Lipinski definition) is 2. The van der Waals surface area contributed by atoms with E-state index in [4.69, 9.17) is 5.73 Å². The van der Waals surface area contributed by atoms with Gasteiger partial charge in [-0.3, -0.25) is 0 Å². The highest BCUT2D eigenvalue weighted by Gasteiger charge is 2.02. The van der Waals surface area contributed by atoms with Crippen LogP contribution >= 0.6 is 22.6 Å². The lowest BCUT2D eigenvalue weighted by molar-refractivity contribution is 0.622. The van der Waals surface area contributed by atoms with Crippen LogP contribution in [0, 0.1) is 15.3 Å². The van der Waals surface area contributed by atoms with Gasteiger partial charge in [-0.25, -0.2) is 4.39 Å². The van der Waals surface area contributed by atoms with E-state index in [2.05, 4.69) is 34.8 Å². The molecule has 0 bridgehead atoms. The number of benzene rings is 1. The zero-order valence-electron chi connectivity index (χ0n) is 8.06. The van der Waals surface area contributed by atoms with E-state index >= 15 is 0 Å². The van der Waals surface area contributed by atoms with Crippen LogP contribution in [0.4, 0.5) is 10.1 Å². The zero-order chi connectivity index (χ0) is 10.6. The van der Waals surface area contributed by atoms with E-state index < -0.39 is 0 Å². The second kappa shape index (κ2) is 5.50. The number of halogens is 2. The van der Waals surface area contributed by atoms with Gasteiger partial charge in [0.25, 0.3) is 0 Å². The van der Waals surface area contributed by atoms with Crippen molar-refractivity contribution in [2.75, 3.05) is 18.4 Å². The van der Waals surface area contributed by atoms with Crippen LogP contribution in [0.15, 0.2) is 18.2 Å². The van der Waals surface area contributed by atoms with E-state index in [1.165, 1.54) is 12.1 Å². The van der Waals surface area contributed by atoms with Gasteiger partial charge in [0.2, 0.25) is 0 Å². The minimum absolute atomic E-state index is 0.202. The van der Waals surface area contributed by atoms with Crippen molar-refractivity contribution in [3.05, 3.63) is 27.6 Å². The lowest BCUT2D eigenvalue weighted by Gasteiger charge is -2.12. The molecular weight excluding hydrogens is 294 g/mol. The number of hydrogen-bond donors (Lipinski definition) is 2. The summed E-state index contributed by atoms with van der Waals surface area (Å²) in [6.45, 7) is 3.55. The summed E-state index contributed by atoms with van der Waals surface area (Å²) in [4.78, 5) is 0. The predicted octanol–water partition coefficient (Wildman–Crippen LogP) is 2.44. The molecule has 0 spiro atoms. The molecule has 1 aromatic carbocycles. The van der Waals surface area contributed by atoms with Crippen LogP contribution in [-0.2, 0) is 0 Å². The molecule has 0 radical (unpaired) electrons. The van der Waals surface area contributed by atoms with Gasteiger partial charge >= 0.3 is 0 Å². The molecule has 1 rings (SSSR count). The molecule has 0 saturated carbocycles. The largest absolute Gasteiger partial charge is 0.384 e. The minimum Gasteiger partial charge on any atom is -0.384 e. The van der Waals surface area contributed by atoms with Crippen molar-refractivity contribution in [2.24, 2.45) is 11.7 Å². The zero-order valence-corrected chi connectivity index (χ0v) is 10.2. The summed E-state index contributed by atoms with van der Waals surface area (Å²) in [5, 5.41) is 3.24. The number of nitrogens with two attached hydrogens (primary N) is 1. The fourth-order valence-electron chi connectivity index (χ4n) is 1.00. The van der Waals surface area contributed by atoms with Crippen LogP contribution in [0.3, 0.4) is 0 Å². The fourth-order valence-corrected chi connectivity index (χ4v) is 1.67. The molecule has 0 saturated heterocycles. The molecule has 4 heteroatoms. The third kappa shape index (κ3) is 3.42. The first-order valence-corrected chi connectivity index (χ1v) is 5.60. The van der Waals surface area contributed by atoms with Crippen molar-refractivity contribution >= 4 is 28.3 Å². The van der Waals surface area contributed by atoms with Crippen LogP contribution in [0.2, 0.25) is 0 Å². The maximum absolute atomic E-state index is 12.8. The van der Waals surface area contributed by atoms with Gasteiger partial charge in [0.05, 0.1) is 0 Å². The van der Waals surface area contributed by atoms with E-state index in [1.54, 1.807) is 6.07 Å². The highest BCUT2D eigenvalue weighted by atomic mass is 127. The molecule has 0 aromatic heterocycles. The van der Waals surface area contributed by atoms with Gasteiger partial charge in [-0.05, 0) is 53.3 Å². The average Bonchev–Trinajstić information content (AvgIpc) is 2.16. The second-order valence-electron chi connectivity index (χ2n) is 3.35. The van der Waals surface area contributed by atoms with Crippen LogP contribution in [0.25, 0.3) is 0 Å². The highest BCUT2D eigenvalue weighted by molar-refractivity contribution is 14.1. The number of nitrogens with one attached hydrogen (secondary N) is 1. The summed E-state index contributed by atoms with van der Waals surface area (Å²) in [5.74, 6) is 0.225. The topological polar surface area (TPSA) is 38.0 Å². The van der Waals surface area contributed by atoms with Crippen molar-refractivity contribution in [3.63, 3.8) is 0 Å². The maximum Gasteiger partial charge on any atom is 0.124 e. The summed E-state index contributed by atoms with van der Waals surface area (Å²) in [5.41, 5.74) is 6.46. The van der Waals surface area contributed by atoms with E-state index in [0.29, 0.717) is 12.5 Å². The van der Waals surface area contributed by atoms with Crippen molar-refractivity contribution in [3.8, 4) is 0 Å². The first kappa shape index (κ1) is 11.7. The molecule has 1 atom stereocenters. The second-order valence-corrected chi connectivity index (χ2v) is 4.51. The van der Waals surface area contributed by atoms with Gasteiger partial charge in [0.1, 0.15) is 5.82 Å². The van der Waals surface area contributed by atoms with Crippen molar-refractivity contribution in [1.29, 1.82) is 0 Å². The molecule has 0 aliphatic carbocycles. The Morgan fingerprint density at radius 2 is 2.29 bits per heavy atom. The molecular formula is C10H14FIN2. The van der Waals surface area contributed by atoms with E-state index in [1.807, 2.05) is 0 Å². The summed E-state index contributed by atoms with van der Waals surface area (Å²) in [6, 6.07) is 4.72. The smallest absolute Gasteiger partial charge is 0.124 e. The lowest BCUT2D eigenvalue weighted by Crippen LogP contribution is -2.20. The van der Waals surface area contributed by atoms with Gasteiger partial charge in [-0.2, -0.15) is 0 Å². The molecule has 3 N–H and O–H groups in total. The van der Waals surface area contributed by atoms with Crippen molar-refractivity contribution < 1.29 is 4.39 Å². The third-order valence-corrected chi connectivity index (χ3v) is 2.87. The van der Waals surface area contributed by atoms with Crippen molar-refractivity contribution in [1.82, 2.24) is 0 Å². The highest BCUT2D eigenvalue weighted by Crippen LogP contribution is 2.19. The maximum atomic E-state index is 12.8. The predicted molar refractivity (Wildman–Crippen MR) is 65.8 cm³/mol. The molecule has 0 aliphatic heterocycles. The Morgan fingerprint density at radius 3 is 2.86 bits per heavy atom. The Bertz CT molecular complexity index is 304. The van der Waals surface area contributed by atoms with E-state index in [-0.39, 0.29) is 5.82 Å². The Balaban J connectivity index is 2.59. The van der Waals surface area contributed by atoms with Gasteiger partial charge in [-0.15, -0.1) is 0 Å². The summed E-state index contributed by atoms with van der Waals surface area (Å²) in [7, 11) is 0. The molecule has 1 aromatic rings. The SMILES string of the molecule is CC(CN)CNc1ccc(F)cc1I. The normalized spacial score (nSPS) is 12.6. The molecule has 0 aliphatic rings. The Labute approximate surface area is 97.2 Å². The average molecular weight is 308 g/mol. The first-order valence-electron chi connectivity index (χ1n) is 4.52. The molecule has 78 valence electrons.